The second-order valence-corrected chi connectivity index (χ2v) is 19.1. The Morgan fingerprint density at radius 1 is 0.548 bits per heavy atom. The highest BCUT2D eigenvalue weighted by atomic mass is 16.6. The molecule has 226 valence electrons. The summed E-state index contributed by atoms with van der Waals surface area (Å²) in [6, 6.07) is 5.30. The number of benzene rings is 1. The molecule has 12 aliphatic carbocycles. The number of rotatable bonds is 6. The van der Waals surface area contributed by atoms with Crippen LogP contribution < -0.4 is 4.74 Å². The van der Waals surface area contributed by atoms with E-state index in [9.17, 15) is 0 Å². The van der Waals surface area contributed by atoms with Gasteiger partial charge in [-0.3, -0.25) is 0 Å². The first-order chi connectivity index (χ1) is 20.4. The van der Waals surface area contributed by atoms with Crippen molar-refractivity contribution in [2.24, 2.45) is 53.3 Å². The molecule has 0 aromatic heterocycles. The molecule has 1 aromatic carbocycles. The van der Waals surface area contributed by atoms with Crippen LogP contribution in [0.4, 0.5) is 0 Å². The lowest BCUT2D eigenvalue weighted by atomic mass is 9.41. The normalized spacial score (nSPS) is 55.5. The van der Waals surface area contributed by atoms with E-state index in [-0.39, 0.29) is 0 Å². The summed E-state index contributed by atoms with van der Waals surface area (Å²) in [6.45, 7) is 2.99. The van der Waals surface area contributed by atoms with Gasteiger partial charge in [-0.25, -0.2) is 0 Å². The lowest BCUT2D eigenvalue weighted by Crippen LogP contribution is -2.55. The predicted octanol–water partition coefficient (Wildman–Crippen LogP) is 9.26. The highest BCUT2D eigenvalue weighted by Gasteiger charge is 2.61. The predicted molar refractivity (Wildman–Crippen MR) is 166 cm³/mol. The number of epoxide rings is 1. The van der Waals surface area contributed by atoms with Gasteiger partial charge in [0.05, 0.1) is 6.10 Å². The molecule has 1 aliphatic heterocycles. The van der Waals surface area contributed by atoms with Crippen LogP contribution in [-0.2, 0) is 21.0 Å². The molecule has 2 heteroatoms. The first-order valence-electron chi connectivity index (χ1n) is 18.9. The van der Waals surface area contributed by atoms with Gasteiger partial charge in [-0.15, -0.1) is 0 Å². The number of ether oxygens (including phenoxy) is 2. The van der Waals surface area contributed by atoms with Crippen LogP contribution in [0.25, 0.3) is 0 Å². The van der Waals surface area contributed by atoms with Crippen molar-refractivity contribution in [1.29, 1.82) is 0 Å². The van der Waals surface area contributed by atoms with E-state index in [0.29, 0.717) is 28.5 Å². The molecule has 12 saturated carbocycles. The van der Waals surface area contributed by atoms with Gasteiger partial charge in [0.2, 0.25) is 0 Å². The van der Waals surface area contributed by atoms with Crippen LogP contribution in [0.2, 0.25) is 0 Å². The molecule has 42 heavy (non-hydrogen) atoms. The minimum Gasteiger partial charge on any atom is -0.490 e. The topological polar surface area (TPSA) is 21.8 Å². The van der Waals surface area contributed by atoms with Crippen LogP contribution in [0.1, 0.15) is 139 Å². The average Bonchev–Trinajstić information content (AvgIpc) is 3.64. The van der Waals surface area contributed by atoms with E-state index in [1.54, 1.807) is 38.5 Å². The maximum Gasteiger partial charge on any atom is 0.123 e. The molecule has 2 nitrogen and oxygen atoms in total. The SMILES string of the molecule is CC1OC1COc1ccc(C23CC4CC(CC(C4)C2)C3)c(C23CC4CC(CC(C4)C2)C3)c1C12CC3CC(CC(C3)C1)C2. The van der Waals surface area contributed by atoms with Gasteiger partial charge in [0, 0.05) is 11.0 Å². The molecule has 0 amide bonds. The molecule has 0 N–H and O–H groups in total. The maximum atomic E-state index is 7.07. The van der Waals surface area contributed by atoms with E-state index in [4.69, 9.17) is 9.47 Å². The van der Waals surface area contributed by atoms with Crippen molar-refractivity contribution in [2.75, 3.05) is 6.61 Å². The smallest absolute Gasteiger partial charge is 0.123 e. The highest BCUT2D eigenvalue weighted by molar-refractivity contribution is 5.58. The Kier molecular flexibility index (Phi) is 5.05. The lowest BCUT2D eigenvalue weighted by Gasteiger charge is -2.63. The molecule has 13 aliphatic rings. The van der Waals surface area contributed by atoms with Crippen molar-refractivity contribution < 1.29 is 9.47 Å². The Labute approximate surface area is 254 Å². The van der Waals surface area contributed by atoms with Gasteiger partial charge < -0.3 is 9.47 Å². The molecule has 2 atom stereocenters. The van der Waals surface area contributed by atoms with Gasteiger partial charge in [0.1, 0.15) is 18.5 Å². The van der Waals surface area contributed by atoms with Crippen LogP contribution >= 0.6 is 0 Å². The largest absolute Gasteiger partial charge is 0.490 e. The summed E-state index contributed by atoms with van der Waals surface area (Å²) < 4.78 is 13.0. The Morgan fingerprint density at radius 3 is 1.29 bits per heavy atom. The van der Waals surface area contributed by atoms with Gasteiger partial charge in [-0.2, -0.15) is 0 Å². The third kappa shape index (κ3) is 3.54. The average molecular weight is 567 g/mol. The van der Waals surface area contributed by atoms with E-state index in [1.165, 1.54) is 82.8 Å². The van der Waals surface area contributed by atoms with E-state index in [2.05, 4.69) is 19.1 Å². The third-order valence-corrected chi connectivity index (χ3v) is 16.2. The van der Waals surface area contributed by atoms with Crippen molar-refractivity contribution in [3.05, 3.63) is 28.8 Å². The molecular weight excluding hydrogens is 512 g/mol. The standard InChI is InChI=1S/C40H54O2/c1-23-35(42-23)22-41-34-3-2-33(38-13-24-4-25(14-38)6-26(5-24)15-38)36(39-16-27-7-28(17-39)9-29(8-27)18-39)37(34)40-19-30-10-31(20-40)12-32(11-30)21-40/h2-3,23-32,35H,4-22H2,1H3. The molecule has 1 aromatic rings. The van der Waals surface area contributed by atoms with Crippen molar-refractivity contribution in [1.82, 2.24) is 0 Å². The fourth-order valence-corrected chi connectivity index (χ4v) is 16.1. The van der Waals surface area contributed by atoms with E-state index in [1.807, 2.05) is 16.7 Å². The molecule has 0 spiro atoms. The van der Waals surface area contributed by atoms with Crippen LogP contribution in [0.5, 0.6) is 5.75 Å². The minimum absolute atomic E-state index is 0.306. The fourth-order valence-electron chi connectivity index (χ4n) is 16.1. The summed E-state index contributed by atoms with van der Waals surface area (Å²) in [5.74, 6) is 10.3. The van der Waals surface area contributed by atoms with Crippen LogP contribution in [-0.4, -0.2) is 18.8 Å². The van der Waals surface area contributed by atoms with Gasteiger partial charge in [0.15, 0.2) is 0 Å². The first kappa shape index (κ1) is 25.2. The molecule has 14 rings (SSSR count). The van der Waals surface area contributed by atoms with Crippen molar-refractivity contribution in [2.45, 2.75) is 151 Å². The summed E-state index contributed by atoms with van der Waals surface area (Å²) >= 11 is 0. The van der Waals surface area contributed by atoms with Crippen LogP contribution in [0, 0.1) is 53.3 Å². The maximum absolute atomic E-state index is 7.07. The summed E-state index contributed by atoms with van der Waals surface area (Å²) in [4.78, 5) is 0. The molecule has 1 saturated heterocycles. The van der Waals surface area contributed by atoms with Crippen molar-refractivity contribution in [3.63, 3.8) is 0 Å². The van der Waals surface area contributed by atoms with Crippen LogP contribution in [0.15, 0.2) is 12.1 Å². The monoisotopic (exact) mass is 566 g/mol. The molecule has 1 heterocycles. The van der Waals surface area contributed by atoms with E-state index < -0.39 is 0 Å². The first-order valence-corrected chi connectivity index (χ1v) is 18.9. The van der Waals surface area contributed by atoms with Gasteiger partial charge >= 0.3 is 0 Å². The number of hydrogen-bond donors (Lipinski definition) is 0. The van der Waals surface area contributed by atoms with E-state index >= 15 is 0 Å². The van der Waals surface area contributed by atoms with Gasteiger partial charge in [0.25, 0.3) is 0 Å². The highest BCUT2D eigenvalue weighted by Crippen LogP contribution is 2.70. The van der Waals surface area contributed by atoms with E-state index in [0.717, 1.165) is 59.9 Å². The van der Waals surface area contributed by atoms with Crippen LogP contribution in [0.3, 0.4) is 0 Å². The molecule has 2 unspecified atom stereocenters. The second kappa shape index (κ2) is 8.41. The Morgan fingerprint density at radius 2 is 0.905 bits per heavy atom. The fraction of sp³-hybridized carbons (Fsp3) is 0.850. The Balaban J connectivity index is 1.15. The molecule has 13 fully saturated rings. The van der Waals surface area contributed by atoms with Gasteiger partial charge in [-0.1, -0.05) is 6.07 Å². The second-order valence-electron chi connectivity index (χ2n) is 19.1. The summed E-state index contributed by atoms with van der Waals surface area (Å²) in [5.41, 5.74) is 7.03. The third-order valence-electron chi connectivity index (χ3n) is 16.2. The van der Waals surface area contributed by atoms with Crippen molar-refractivity contribution >= 4 is 0 Å². The Hall–Kier alpha value is -1.02. The summed E-state index contributed by atoms with van der Waals surface area (Å²) in [7, 11) is 0. The quantitative estimate of drug-likeness (QED) is 0.320. The zero-order valence-electron chi connectivity index (χ0n) is 26.3. The van der Waals surface area contributed by atoms with Gasteiger partial charge in [-0.05, 0) is 204 Å². The lowest BCUT2D eigenvalue weighted by molar-refractivity contribution is -0.0251. The summed E-state index contributed by atoms with van der Waals surface area (Å²) in [5, 5.41) is 0. The molecule has 12 bridgehead atoms. The van der Waals surface area contributed by atoms with Crippen molar-refractivity contribution in [3.8, 4) is 5.75 Å². The number of hydrogen-bond acceptors (Lipinski definition) is 2. The molecule has 0 radical (unpaired) electrons. The molecular formula is C40H54O2. The minimum atomic E-state index is 0.306. The zero-order chi connectivity index (χ0) is 27.4. The summed E-state index contributed by atoms with van der Waals surface area (Å²) in [6.07, 6.45) is 28.0. The zero-order valence-corrected chi connectivity index (χ0v) is 26.3. The Bertz CT molecular complexity index is 1200.